The van der Waals surface area contributed by atoms with E-state index in [1.807, 2.05) is 20.8 Å². The van der Waals surface area contributed by atoms with Crippen LogP contribution < -0.4 is 5.32 Å². The average molecular weight is 379 g/mol. The Kier molecular flexibility index (Phi) is 5.59. The van der Waals surface area contributed by atoms with E-state index in [2.05, 4.69) is 20.4 Å². The maximum atomic E-state index is 12.2. The van der Waals surface area contributed by atoms with Gasteiger partial charge in [-0.05, 0) is 34.1 Å². The Labute approximate surface area is 159 Å². The molecule has 1 amide bonds. The van der Waals surface area contributed by atoms with Gasteiger partial charge >= 0.3 is 12.1 Å². The molecule has 1 fully saturated rings. The molecule has 9 nitrogen and oxygen atoms in total. The Morgan fingerprint density at radius 1 is 1.22 bits per heavy atom. The summed E-state index contributed by atoms with van der Waals surface area (Å²) in [5.41, 5.74) is 1.47. The predicted molar refractivity (Wildman–Crippen MR) is 99.8 cm³/mol. The molecule has 3 rings (SSSR count). The molecule has 0 aromatic carbocycles. The standard InChI is InChI=1S/C18H29N5O4/c1-5-26-16(24)15-14-13(20-21-15)12(6-7-19-14)22-8-10-23(11-9-22)17(25)27-18(2,3)4/h12,19H,5-11H2,1-4H3,(H,20,21). The highest BCUT2D eigenvalue weighted by molar-refractivity contribution is 5.94. The van der Waals surface area contributed by atoms with E-state index in [4.69, 9.17) is 9.47 Å². The molecule has 3 heterocycles. The van der Waals surface area contributed by atoms with E-state index in [1.54, 1.807) is 11.8 Å². The van der Waals surface area contributed by atoms with E-state index < -0.39 is 11.6 Å². The molecule has 1 saturated heterocycles. The van der Waals surface area contributed by atoms with E-state index in [9.17, 15) is 9.59 Å². The number of esters is 1. The summed E-state index contributed by atoms with van der Waals surface area (Å²) in [6, 6.07) is 0.137. The lowest BCUT2D eigenvalue weighted by Gasteiger charge is -2.40. The fourth-order valence-electron chi connectivity index (χ4n) is 3.51. The fourth-order valence-corrected chi connectivity index (χ4v) is 3.51. The van der Waals surface area contributed by atoms with Crippen molar-refractivity contribution in [3.8, 4) is 0 Å². The Morgan fingerprint density at radius 2 is 1.93 bits per heavy atom. The van der Waals surface area contributed by atoms with Gasteiger partial charge in [0.05, 0.1) is 24.0 Å². The molecule has 1 aromatic rings. The molecular formula is C18H29N5O4. The number of rotatable bonds is 3. The maximum absolute atomic E-state index is 12.2. The molecule has 1 atom stereocenters. The van der Waals surface area contributed by atoms with Crippen LogP contribution in [0.4, 0.5) is 10.5 Å². The average Bonchev–Trinajstić information content (AvgIpc) is 3.05. The molecule has 1 aromatic heterocycles. The van der Waals surface area contributed by atoms with Crippen LogP contribution in [0.3, 0.4) is 0 Å². The van der Waals surface area contributed by atoms with Crippen LogP contribution >= 0.6 is 0 Å². The van der Waals surface area contributed by atoms with Crippen LogP contribution in [0.1, 0.15) is 56.3 Å². The Bertz CT molecular complexity index is 688. The Morgan fingerprint density at radius 3 is 2.56 bits per heavy atom. The van der Waals surface area contributed by atoms with E-state index in [0.717, 1.165) is 37.4 Å². The van der Waals surface area contributed by atoms with E-state index in [1.165, 1.54) is 0 Å². The van der Waals surface area contributed by atoms with Crippen molar-refractivity contribution in [3.63, 3.8) is 0 Å². The summed E-state index contributed by atoms with van der Waals surface area (Å²) in [4.78, 5) is 28.4. The molecule has 0 saturated carbocycles. The monoisotopic (exact) mass is 379 g/mol. The van der Waals surface area contributed by atoms with Gasteiger partial charge in [0.1, 0.15) is 5.60 Å². The summed E-state index contributed by atoms with van der Waals surface area (Å²) in [5.74, 6) is -0.419. The van der Waals surface area contributed by atoms with Crippen LogP contribution in [0.5, 0.6) is 0 Å². The predicted octanol–water partition coefficient (Wildman–Crippen LogP) is 2.00. The molecule has 0 spiro atoms. The van der Waals surface area contributed by atoms with Gasteiger partial charge in [-0.25, -0.2) is 9.59 Å². The minimum absolute atomic E-state index is 0.137. The van der Waals surface area contributed by atoms with Crippen molar-refractivity contribution >= 4 is 17.7 Å². The summed E-state index contributed by atoms with van der Waals surface area (Å²) in [7, 11) is 0. The molecule has 27 heavy (non-hydrogen) atoms. The Balaban J connectivity index is 1.65. The highest BCUT2D eigenvalue weighted by Crippen LogP contribution is 2.35. The Hall–Kier alpha value is -2.29. The van der Waals surface area contributed by atoms with Gasteiger partial charge in [0.25, 0.3) is 0 Å². The van der Waals surface area contributed by atoms with E-state index >= 15 is 0 Å². The number of nitrogens with zero attached hydrogens (tertiary/aromatic N) is 3. The van der Waals surface area contributed by atoms with Crippen LogP contribution in [0, 0.1) is 0 Å². The van der Waals surface area contributed by atoms with Crippen LogP contribution in [-0.2, 0) is 9.47 Å². The first kappa shape index (κ1) is 19.5. The number of hydrogen-bond acceptors (Lipinski definition) is 7. The summed E-state index contributed by atoms with van der Waals surface area (Å²) in [6.45, 7) is 11.2. The van der Waals surface area contributed by atoms with Crippen molar-refractivity contribution < 1.29 is 19.1 Å². The minimum Gasteiger partial charge on any atom is -0.461 e. The smallest absolute Gasteiger partial charge is 0.410 e. The number of anilines is 1. The van der Waals surface area contributed by atoms with Gasteiger partial charge in [-0.15, -0.1) is 0 Å². The van der Waals surface area contributed by atoms with Crippen molar-refractivity contribution in [2.45, 2.75) is 45.8 Å². The number of ether oxygens (including phenoxy) is 2. The lowest BCUT2D eigenvalue weighted by atomic mass is 10.0. The summed E-state index contributed by atoms with van der Waals surface area (Å²) < 4.78 is 10.5. The molecule has 1 unspecified atom stereocenters. The van der Waals surface area contributed by atoms with Crippen molar-refractivity contribution in [1.82, 2.24) is 20.0 Å². The number of fused-ring (bicyclic) bond motifs is 1. The lowest BCUT2D eigenvalue weighted by molar-refractivity contribution is 0.00952. The quantitative estimate of drug-likeness (QED) is 0.775. The zero-order valence-corrected chi connectivity index (χ0v) is 16.5. The molecule has 150 valence electrons. The van der Waals surface area contributed by atoms with Gasteiger partial charge in [0, 0.05) is 32.7 Å². The number of piperazine rings is 1. The minimum atomic E-state index is -0.489. The van der Waals surface area contributed by atoms with Crippen molar-refractivity contribution in [2.75, 3.05) is 44.6 Å². The lowest BCUT2D eigenvalue weighted by Crippen LogP contribution is -2.51. The molecule has 0 aliphatic carbocycles. The number of carbonyl (C=O) groups excluding carboxylic acids is 2. The number of aromatic nitrogens is 2. The molecule has 9 heteroatoms. The number of nitrogens with one attached hydrogen (secondary N) is 2. The summed E-state index contributed by atoms with van der Waals surface area (Å²) in [5, 5.41) is 10.5. The molecule has 0 radical (unpaired) electrons. The van der Waals surface area contributed by atoms with Crippen LogP contribution in [0.15, 0.2) is 0 Å². The number of H-pyrrole nitrogens is 1. The molecule has 2 aliphatic heterocycles. The SMILES string of the molecule is CCOC(=O)c1n[nH]c2c1NCCC2N1CCN(C(=O)OC(C)(C)C)CC1. The first-order chi connectivity index (χ1) is 12.8. The zero-order valence-electron chi connectivity index (χ0n) is 16.5. The van der Waals surface area contributed by atoms with Gasteiger partial charge in [-0.1, -0.05) is 0 Å². The number of aromatic amines is 1. The second kappa shape index (κ2) is 7.75. The van der Waals surface area contributed by atoms with Crippen molar-refractivity contribution in [1.29, 1.82) is 0 Å². The third-order valence-electron chi connectivity index (χ3n) is 4.72. The number of amides is 1. The third kappa shape index (κ3) is 4.35. The molecular weight excluding hydrogens is 350 g/mol. The largest absolute Gasteiger partial charge is 0.461 e. The van der Waals surface area contributed by atoms with Gasteiger partial charge in [0.15, 0.2) is 5.69 Å². The molecule has 0 bridgehead atoms. The van der Waals surface area contributed by atoms with E-state index in [-0.39, 0.29) is 12.1 Å². The second-order valence-electron chi connectivity index (χ2n) is 7.82. The van der Waals surface area contributed by atoms with Gasteiger partial charge in [0.2, 0.25) is 0 Å². The first-order valence-corrected chi connectivity index (χ1v) is 9.51. The van der Waals surface area contributed by atoms with E-state index in [0.29, 0.717) is 25.4 Å². The highest BCUT2D eigenvalue weighted by atomic mass is 16.6. The summed E-state index contributed by atoms with van der Waals surface area (Å²) >= 11 is 0. The third-order valence-corrected chi connectivity index (χ3v) is 4.72. The molecule has 2 N–H and O–H groups in total. The maximum Gasteiger partial charge on any atom is 0.410 e. The van der Waals surface area contributed by atoms with Crippen molar-refractivity contribution in [2.24, 2.45) is 0 Å². The van der Waals surface area contributed by atoms with Gasteiger partial charge < -0.3 is 19.7 Å². The van der Waals surface area contributed by atoms with Crippen LogP contribution in [0.25, 0.3) is 0 Å². The number of carbonyl (C=O) groups is 2. The van der Waals surface area contributed by atoms with Gasteiger partial charge in [-0.3, -0.25) is 10.00 Å². The van der Waals surface area contributed by atoms with Crippen LogP contribution in [-0.4, -0.2) is 77.0 Å². The van der Waals surface area contributed by atoms with Crippen LogP contribution in [0.2, 0.25) is 0 Å². The fraction of sp³-hybridized carbons (Fsp3) is 0.722. The van der Waals surface area contributed by atoms with Gasteiger partial charge in [-0.2, -0.15) is 5.10 Å². The first-order valence-electron chi connectivity index (χ1n) is 9.51. The van der Waals surface area contributed by atoms with Crippen molar-refractivity contribution in [3.05, 3.63) is 11.4 Å². The number of hydrogen-bond donors (Lipinski definition) is 2. The molecule has 2 aliphatic rings. The second-order valence-corrected chi connectivity index (χ2v) is 7.82. The normalized spacial score (nSPS) is 20.6. The zero-order chi connectivity index (χ0) is 19.6. The summed E-state index contributed by atoms with van der Waals surface area (Å²) in [6.07, 6.45) is 0.642. The highest BCUT2D eigenvalue weighted by Gasteiger charge is 2.35. The topological polar surface area (TPSA) is 99.8 Å².